The minimum absolute atomic E-state index is 0.0412. The van der Waals surface area contributed by atoms with Crippen molar-refractivity contribution in [3.05, 3.63) is 75.9 Å². The average Bonchev–Trinajstić information content (AvgIpc) is 3.62. The molecule has 8 rings (SSSR count). The molecule has 1 unspecified atom stereocenters. The van der Waals surface area contributed by atoms with Crippen LogP contribution in [0, 0.1) is 64.9 Å². The molecule has 6 heteroatoms. The molecule has 0 N–H and O–H groups in total. The Balaban J connectivity index is 0.000000167. The van der Waals surface area contributed by atoms with Crippen LogP contribution in [0.5, 0.6) is 0 Å². The highest BCUT2D eigenvalue weighted by Crippen LogP contribution is 2.55. The quantitative estimate of drug-likeness (QED) is 0.236. The Morgan fingerprint density at radius 3 is 1.46 bits per heavy atom. The van der Waals surface area contributed by atoms with E-state index in [4.69, 9.17) is 0 Å². The van der Waals surface area contributed by atoms with E-state index in [1.54, 1.807) is 24.3 Å². The zero-order chi connectivity index (χ0) is 38.0. The second kappa shape index (κ2) is 17.1. The van der Waals surface area contributed by atoms with Gasteiger partial charge in [0.1, 0.15) is 11.6 Å². The van der Waals surface area contributed by atoms with Gasteiger partial charge in [0.05, 0.1) is 11.1 Å². The van der Waals surface area contributed by atoms with E-state index in [9.17, 15) is 26.3 Å². The Kier molecular flexibility index (Phi) is 12.7. The Bertz CT molecular complexity index is 1550. The summed E-state index contributed by atoms with van der Waals surface area (Å²) in [5.41, 5.74) is 0.336. The minimum atomic E-state index is -3.14. The number of rotatable bonds is 8. The summed E-state index contributed by atoms with van der Waals surface area (Å²) in [6, 6.07) is 8.72. The first kappa shape index (κ1) is 40.0. The van der Waals surface area contributed by atoms with Crippen molar-refractivity contribution in [3.63, 3.8) is 0 Å². The van der Waals surface area contributed by atoms with Crippen LogP contribution in [0.1, 0.15) is 165 Å². The van der Waals surface area contributed by atoms with Gasteiger partial charge in [-0.25, -0.2) is 17.6 Å². The lowest BCUT2D eigenvalue weighted by Crippen LogP contribution is -2.33. The second-order valence-corrected chi connectivity index (χ2v) is 18.5. The minimum Gasteiger partial charge on any atom is -0.206 e. The normalized spacial score (nSPS) is 34.3. The highest BCUT2D eigenvalue weighted by Gasteiger charge is 2.54. The maximum absolute atomic E-state index is 15.0. The summed E-state index contributed by atoms with van der Waals surface area (Å²) in [5.74, 6) is -3.51. The molecule has 0 nitrogen and oxygen atoms in total. The molecule has 4 saturated carbocycles. The molecule has 0 amide bonds. The van der Waals surface area contributed by atoms with Crippen LogP contribution in [0.3, 0.4) is 0 Å². The predicted molar refractivity (Wildman–Crippen MR) is 207 cm³/mol. The number of fused-ring (bicyclic) bond motifs is 2. The molecule has 0 aliphatic heterocycles. The van der Waals surface area contributed by atoms with Crippen molar-refractivity contribution in [2.24, 2.45) is 53.3 Å². The van der Waals surface area contributed by atoms with E-state index in [0.717, 1.165) is 87.0 Å². The van der Waals surface area contributed by atoms with Crippen LogP contribution in [0.25, 0.3) is 6.08 Å². The second-order valence-electron chi connectivity index (χ2n) is 18.5. The molecule has 0 aromatic heterocycles. The summed E-state index contributed by atoms with van der Waals surface area (Å²) in [6.45, 7) is 4.54. The number of allylic oxidation sites excluding steroid dienone is 1. The molecule has 54 heavy (non-hydrogen) atoms. The summed E-state index contributed by atoms with van der Waals surface area (Å²) in [5, 5.41) is 0. The van der Waals surface area contributed by atoms with Crippen LogP contribution < -0.4 is 0 Å². The van der Waals surface area contributed by atoms with E-state index in [-0.39, 0.29) is 23.0 Å². The topological polar surface area (TPSA) is 0 Å². The summed E-state index contributed by atoms with van der Waals surface area (Å²) in [4.78, 5) is 0. The molecule has 6 aliphatic rings. The van der Waals surface area contributed by atoms with Gasteiger partial charge in [-0.3, -0.25) is 0 Å². The van der Waals surface area contributed by atoms with E-state index in [1.807, 2.05) is 0 Å². The van der Waals surface area contributed by atoms with Gasteiger partial charge in [0.2, 0.25) is 0 Å². The molecule has 2 aromatic rings. The summed E-state index contributed by atoms with van der Waals surface area (Å²) in [7, 11) is 0. The third-order valence-corrected chi connectivity index (χ3v) is 15.5. The largest absolute Gasteiger partial charge is 0.298 e. The zero-order valence-electron chi connectivity index (χ0n) is 32.9. The van der Waals surface area contributed by atoms with Gasteiger partial charge in [0.25, 0.3) is 11.8 Å². The molecule has 2 aromatic carbocycles. The molecule has 0 heterocycles. The molecule has 298 valence electrons. The van der Waals surface area contributed by atoms with Gasteiger partial charge in [0, 0.05) is 11.5 Å². The number of alkyl halides is 4. The lowest BCUT2D eigenvalue weighted by atomic mass is 9.66. The fraction of sp³-hybridized carbons (Fsp3) is 0.708. The van der Waals surface area contributed by atoms with Gasteiger partial charge in [0.15, 0.2) is 0 Å². The molecule has 0 spiro atoms. The van der Waals surface area contributed by atoms with Crippen LogP contribution in [0.2, 0.25) is 0 Å². The van der Waals surface area contributed by atoms with Crippen molar-refractivity contribution in [1.82, 2.24) is 0 Å². The maximum atomic E-state index is 15.0. The van der Waals surface area contributed by atoms with Crippen molar-refractivity contribution >= 4 is 6.08 Å². The Morgan fingerprint density at radius 1 is 0.537 bits per heavy atom. The summed E-state index contributed by atoms with van der Waals surface area (Å²) < 4.78 is 87.8. The Morgan fingerprint density at radius 2 is 0.981 bits per heavy atom. The maximum Gasteiger partial charge on any atom is 0.298 e. The van der Waals surface area contributed by atoms with Crippen molar-refractivity contribution in [2.45, 2.75) is 161 Å². The average molecular weight is 755 g/mol. The lowest BCUT2D eigenvalue weighted by molar-refractivity contribution is -0.0853. The van der Waals surface area contributed by atoms with Crippen LogP contribution in [0.4, 0.5) is 26.3 Å². The van der Waals surface area contributed by atoms with Gasteiger partial charge in [-0.15, -0.1) is 0 Å². The van der Waals surface area contributed by atoms with Crippen LogP contribution in [-0.4, -0.2) is 0 Å². The van der Waals surface area contributed by atoms with Crippen molar-refractivity contribution in [3.8, 4) is 0 Å². The van der Waals surface area contributed by atoms with Gasteiger partial charge in [-0.2, -0.15) is 8.78 Å². The van der Waals surface area contributed by atoms with Crippen molar-refractivity contribution < 1.29 is 26.3 Å². The first-order valence-corrected chi connectivity index (χ1v) is 22.1. The highest BCUT2D eigenvalue weighted by atomic mass is 19.3. The van der Waals surface area contributed by atoms with E-state index < -0.39 is 35.0 Å². The predicted octanol–water partition coefficient (Wildman–Crippen LogP) is 15.2. The third-order valence-electron chi connectivity index (χ3n) is 15.5. The molecule has 6 aliphatic carbocycles. The molecule has 0 radical (unpaired) electrons. The van der Waals surface area contributed by atoms with E-state index >= 15 is 0 Å². The molecule has 0 saturated heterocycles. The van der Waals surface area contributed by atoms with Crippen LogP contribution in [-0.2, 0) is 18.3 Å². The van der Waals surface area contributed by atoms with Gasteiger partial charge >= 0.3 is 0 Å². The van der Waals surface area contributed by atoms with Crippen LogP contribution in [0.15, 0.2) is 42.0 Å². The van der Waals surface area contributed by atoms with Gasteiger partial charge < -0.3 is 0 Å². The zero-order valence-corrected chi connectivity index (χ0v) is 32.9. The van der Waals surface area contributed by atoms with Crippen molar-refractivity contribution in [2.75, 3.05) is 0 Å². The van der Waals surface area contributed by atoms with Crippen molar-refractivity contribution in [1.29, 1.82) is 0 Å². The van der Waals surface area contributed by atoms with Crippen LogP contribution >= 0.6 is 0 Å². The Labute approximate surface area is 321 Å². The first-order valence-electron chi connectivity index (χ1n) is 22.1. The van der Waals surface area contributed by atoms with E-state index in [2.05, 4.69) is 13.8 Å². The first-order chi connectivity index (χ1) is 26.0. The van der Waals surface area contributed by atoms with Gasteiger partial charge in [-0.1, -0.05) is 89.5 Å². The molecular weight excluding hydrogens is 691 g/mol. The van der Waals surface area contributed by atoms with E-state index in [1.165, 1.54) is 89.2 Å². The Hall–Kier alpha value is -2.24. The monoisotopic (exact) mass is 754 g/mol. The fourth-order valence-electron chi connectivity index (χ4n) is 12.5. The number of halogens is 6. The number of hydrogen-bond donors (Lipinski definition) is 0. The lowest BCUT2D eigenvalue weighted by Gasteiger charge is -2.40. The van der Waals surface area contributed by atoms with Gasteiger partial charge in [-0.05, 0) is 160 Å². The fourth-order valence-corrected chi connectivity index (χ4v) is 12.5. The SMILES string of the molecule is CCCC1CCC(C2CCC(C3=Cc4cccc(F)c4C3(F)F)CC2)CC1.CCCC1CCC(C2CCC(C3Cc4cccc(F)c4C3(F)F)CC2)CC1. The summed E-state index contributed by atoms with van der Waals surface area (Å²) in [6.07, 6.45) is 25.8. The molecule has 1 atom stereocenters. The third kappa shape index (κ3) is 8.25. The number of hydrogen-bond acceptors (Lipinski definition) is 0. The molecule has 0 bridgehead atoms. The molecule has 4 fully saturated rings. The van der Waals surface area contributed by atoms with E-state index in [0.29, 0.717) is 23.5 Å². The smallest absolute Gasteiger partial charge is 0.206 e. The standard InChI is InChI=1S/C24H33F3.C24H31F3/c2*1-2-4-16-7-9-17(10-8-16)18-11-13-19(14-12-18)21-15-20-5-3-6-22(25)23(20)24(21,26)27/h3,5-6,16-19,21H,2,4,7-15H2,1H3;3,5-6,15-19H,2,4,7-14H2,1H3. The number of benzene rings is 2. The summed E-state index contributed by atoms with van der Waals surface area (Å²) >= 11 is 0. The molecular formula is C48H64F6. The highest BCUT2D eigenvalue weighted by molar-refractivity contribution is 5.68.